The van der Waals surface area contributed by atoms with Crippen LogP contribution in [0.3, 0.4) is 0 Å². The van der Waals surface area contributed by atoms with E-state index in [-0.39, 0.29) is 17.2 Å². The van der Waals surface area contributed by atoms with Crippen molar-refractivity contribution in [2.45, 2.75) is 6.10 Å². The summed E-state index contributed by atoms with van der Waals surface area (Å²) in [6.45, 7) is -1.62. The minimum absolute atomic E-state index is 0.00846. The number of phosphoric acid groups is 2. The topological polar surface area (TPSA) is 200 Å². The molecule has 1 aromatic rings. The van der Waals surface area contributed by atoms with Gasteiger partial charge < -0.3 is 39.9 Å². The van der Waals surface area contributed by atoms with E-state index in [1.54, 1.807) is 30.3 Å². The standard InChI is InChI=1S/C14H17N3O10P2/c15-17-12-7-13(24-8-26-28(18,19)20)11(16-10-4-2-1-3-5-10)6-14(12)25-9-27-29(21,22)23/h1-7,14,16H,8-9H2,(H2,18,19,20)(H2,21,22,23). The van der Waals surface area contributed by atoms with Crippen LogP contribution in [0.2, 0.25) is 0 Å². The first-order chi connectivity index (χ1) is 13.6. The lowest BCUT2D eigenvalue weighted by Crippen LogP contribution is -2.29. The molecule has 0 aromatic heterocycles. The van der Waals surface area contributed by atoms with Crippen molar-refractivity contribution in [3.63, 3.8) is 0 Å². The number of rotatable bonds is 10. The van der Waals surface area contributed by atoms with E-state index in [9.17, 15) is 14.7 Å². The maximum Gasteiger partial charge on any atom is 0.472 e. The van der Waals surface area contributed by atoms with Gasteiger partial charge in [0.1, 0.15) is 0 Å². The molecule has 0 saturated carbocycles. The summed E-state index contributed by atoms with van der Waals surface area (Å²) in [6, 6.07) is 8.70. The molecule has 1 aromatic carbocycles. The SMILES string of the molecule is [N-]=[N+]=C1C=C(OCOP(=O)(O)O)C(Nc2ccccc2)=CC1OCOP(=O)(O)O. The van der Waals surface area contributed by atoms with Crippen LogP contribution in [0.5, 0.6) is 0 Å². The predicted octanol–water partition coefficient (Wildman–Crippen LogP) is 1.09. The highest BCUT2D eigenvalue weighted by Crippen LogP contribution is 2.37. The van der Waals surface area contributed by atoms with Gasteiger partial charge in [0, 0.05) is 5.69 Å². The number of ether oxygens (including phenoxy) is 2. The molecule has 2 rings (SSSR count). The van der Waals surface area contributed by atoms with Gasteiger partial charge in [0.25, 0.3) is 0 Å². The van der Waals surface area contributed by atoms with Crippen LogP contribution in [0, 0.1) is 0 Å². The van der Waals surface area contributed by atoms with E-state index >= 15 is 0 Å². The lowest BCUT2D eigenvalue weighted by molar-refractivity contribution is -0.0484. The fourth-order valence-corrected chi connectivity index (χ4v) is 2.45. The van der Waals surface area contributed by atoms with Crippen molar-refractivity contribution in [3.8, 4) is 0 Å². The van der Waals surface area contributed by atoms with E-state index < -0.39 is 35.3 Å². The van der Waals surface area contributed by atoms with Crippen LogP contribution < -0.4 is 5.32 Å². The largest absolute Gasteiger partial charge is 0.472 e. The van der Waals surface area contributed by atoms with Gasteiger partial charge >= 0.3 is 21.4 Å². The molecule has 158 valence electrons. The summed E-state index contributed by atoms with van der Waals surface area (Å²) >= 11 is 0. The zero-order valence-electron chi connectivity index (χ0n) is 14.6. The molecular weight excluding hydrogens is 432 g/mol. The summed E-state index contributed by atoms with van der Waals surface area (Å²) in [4.78, 5) is 37.9. The van der Waals surface area contributed by atoms with Crippen molar-refractivity contribution in [3.05, 3.63) is 59.5 Å². The third-order valence-corrected chi connectivity index (χ3v) is 4.11. The molecule has 0 radical (unpaired) electrons. The van der Waals surface area contributed by atoms with Crippen LogP contribution >= 0.6 is 15.6 Å². The van der Waals surface area contributed by atoms with E-state index in [0.29, 0.717) is 5.69 Å². The third-order valence-electron chi connectivity index (χ3n) is 3.23. The predicted molar refractivity (Wildman–Crippen MR) is 96.8 cm³/mol. The zero-order valence-corrected chi connectivity index (χ0v) is 16.3. The molecule has 1 aliphatic rings. The average molecular weight is 449 g/mol. The Hall–Kier alpha value is -2.14. The van der Waals surface area contributed by atoms with E-state index in [0.717, 1.165) is 0 Å². The molecule has 1 aliphatic carbocycles. The molecule has 0 fully saturated rings. The van der Waals surface area contributed by atoms with Gasteiger partial charge in [-0.1, -0.05) is 18.2 Å². The summed E-state index contributed by atoms with van der Waals surface area (Å²) in [5.41, 5.74) is 9.89. The van der Waals surface area contributed by atoms with Crippen LogP contribution in [-0.4, -0.2) is 49.8 Å². The van der Waals surface area contributed by atoms with Crippen LogP contribution in [0.1, 0.15) is 0 Å². The fraction of sp³-hybridized carbons (Fsp3) is 0.214. The van der Waals surface area contributed by atoms with Gasteiger partial charge in [-0.15, -0.1) is 0 Å². The van der Waals surface area contributed by atoms with Gasteiger partial charge in [-0.2, -0.15) is 4.79 Å². The number of hydrogen-bond donors (Lipinski definition) is 5. The maximum absolute atomic E-state index is 10.8. The Balaban J connectivity index is 2.21. The van der Waals surface area contributed by atoms with Crippen LogP contribution in [0.4, 0.5) is 5.69 Å². The van der Waals surface area contributed by atoms with E-state index in [4.69, 9.17) is 29.0 Å². The number of phosphoric ester groups is 2. The Labute approximate surface area is 164 Å². The Morgan fingerprint density at radius 1 is 1.03 bits per heavy atom. The number of nitrogens with zero attached hydrogens (tertiary/aromatic N) is 2. The van der Waals surface area contributed by atoms with Crippen LogP contribution in [0.15, 0.2) is 53.9 Å². The van der Waals surface area contributed by atoms with E-state index in [2.05, 4.69) is 19.2 Å². The van der Waals surface area contributed by atoms with Gasteiger partial charge in [0.15, 0.2) is 25.4 Å². The lowest BCUT2D eigenvalue weighted by Gasteiger charge is -2.21. The molecule has 1 unspecified atom stereocenters. The Bertz CT molecular complexity index is 917. The zero-order chi connectivity index (χ0) is 21.5. The summed E-state index contributed by atoms with van der Waals surface area (Å²) in [5.74, 6) is -0.00846. The van der Waals surface area contributed by atoms with E-state index in [1.807, 2.05) is 0 Å². The van der Waals surface area contributed by atoms with Crippen molar-refractivity contribution < 1.29 is 52.0 Å². The van der Waals surface area contributed by atoms with Gasteiger partial charge in [-0.3, -0.25) is 4.52 Å². The minimum atomic E-state index is -4.77. The van der Waals surface area contributed by atoms with E-state index in [1.165, 1.54) is 12.2 Å². The average Bonchev–Trinajstić information content (AvgIpc) is 2.62. The first kappa shape index (κ1) is 23.1. The van der Waals surface area contributed by atoms with Crippen LogP contribution in [0.25, 0.3) is 5.53 Å². The fourth-order valence-electron chi connectivity index (χ4n) is 2.06. The van der Waals surface area contributed by atoms with Gasteiger partial charge in [-0.25, -0.2) is 13.7 Å². The second-order valence-corrected chi connectivity index (χ2v) is 7.79. The second kappa shape index (κ2) is 10.1. The smallest absolute Gasteiger partial charge is 0.464 e. The van der Waals surface area contributed by atoms with Crippen molar-refractivity contribution in [2.24, 2.45) is 0 Å². The monoisotopic (exact) mass is 449 g/mol. The molecule has 0 amide bonds. The molecule has 0 aliphatic heterocycles. The number of benzene rings is 1. The molecule has 13 nitrogen and oxygen atoms in total. The molecule has 1 atom stereocenters. The summed E-state index contributed by atoms with van der Waals surface area (Å²) in [6.07, 6.45) is 1.43. The quantitative estimate of drug-likeness (QED) is 0.148. The van der Waals surface area contributed by atoms with Gasteiger partial charge in [0.05, 0.1) is 11.8 Å². The second-order valence-electron chi connectivity index (χ2n) is 5.31. The molecule has 29 heavy (non-hydrogen) atoms. The van der Waals surface area contributed by atoms with Crippen LogP contribution in [-0.2, 0) is 27.7 Å². The number of nitrogens with one attached hydrogen (secondary N) is 1. The molecular formula is C14H17N3O10P2. The maximum atomic E-state index is 10.8. The van der Waals surface area contributed by atoms with Crippen molar-refractivity contribution in [1.82, 2.24) is 0 Å². The molecule has 0 bridgehead atoms. The molecule has 0 saturated heterocycles. The molecule has 15 heteroatoms. The highest BCUT2D eigenvalue weighted by molar-refractivity contribution is 7.46. The third kappa shape index (κ3) is 8.40. The Kier molecular flexibility index (Phi) is 8.03. The summed E-state index contributed by atoms with van der Waals surface area (Å²) < 4.78 is 40.4. The molecule has 0 heterocycles. The Morgan fingerprint density at radius 2 is 1.66 bits per heavy atom. The van der Waals surface area contributed by atoms with Gasteiger partial charge in [0.2, 0.25) is 0 Å². The van der Waals surface area contributed by atoms with Crippen molar-refractivity contribution >= 4 is 27.0 Å². The van der Waals surface area contributed by atoms with Gasteiger partial charge in [-0.05, 0) is 18.2 Å². The number of anilines is 1. The normalized spacial score (nSPS) is 17.2. The summed E-state index contributed by atoms with van der Waals surface area (Å²) in [5, 5.41) is 2.97. The highest BCUT2D eigenvalue weighted by Gasteiger charge is 2.30. The number of hydrogen-bond acceptors (Lipinski definition) is 7. The highest BCUT2D eigenvalue weighted by atomic mass is 31.2. The lowest BCUT2D eigenvalue weighted by atomic mass is 10.1. The first-order valence-corrected chi connectivity index (χ1v) is 10.8. The minimum Gasteiger partial charge on any atom is -0.464 e. The molecule has 0 spiro atoms. The van der Waals surface area contributed by atoms with Crippen molar-refractivity contribution in [1.29, 1.82) is 0 Å². The number of para-hydroxylation sites is 1. The summed E-state index contributed by atoms with van der Waals surface area (Å²) in [7, 11) is -9.54. The first-order valence-electron chi connectivity index (χ1n) is 7.70. The Morgan fingerprint density at radius 3 is 2.24 bits per heavy atom. The van der Waals surface area contributed by atoms with Crippen molar-refractivity contribution in [2.75, 3.05) is 18.9 Å². The molecule has 5 N–H and O–H groups in total.